The number of nitrogens with one attached hydrogen (secondary N) is 2. The van der Waals surface area contributed by atoms with Crippen LogP contribution < -0.4 is 15.4 Å². The molecule has 0 aromatic heterocycles. The Balaban J connectivity index is 1.67. The van der Waals surface area contributed by atoms with E-state index >= 15 is 0 Å². The lowest BCUT2D eigenvalue weighted by atomic mass is 10.1. The van der Waals surface area contributed by atoms with Crippen molar-refractivity contribution in [1.82, 2.24) is 0 Å². The van der Waals surface area contributed by atoms with Gasteiger partial charge >= 0.3 is 0 Å². The molecule has 3 aromatic carbocycles. The van der Waals surface area contributed by atoms with Crippen molar-refractivity contribution in [2.45, 2.75) is 5.75 Å². The minimum absolute atomic E-state index is 0.135. The molecular weight excluding hydrogens is 416 g/mol. The van der Waals surface area contributed by atoms with Gasteiger partial charge in [-0.15, -0.1) is 0 Å². The van der Waals surface area contributed by atoms with Gasteiger partial charge in [-0.3, -0.25) is 9.59 Å². The van der Waals surface area contributed by atoms with Crippen LogP contribution in [0, 0.1) is 0 Å². The second kappa shape index (κ2) is 9.44. The number of amides is 2. The van der Waals surface area contributed by atoms with Crippen LogP contribution in [0.1, 0.15) is 26.3 Å². The standard InChI is InChI=1S/C23H22N2O5S/c1-30-21-9-4-3-8-20(21)25-22(26)17-10-12-19(13-11-17)24-23(27)18-7-5-6-16(14-18)15-31(2,28)29/h3-14H,15H2,1-2H3,(H,24,27)(H,25,26). The van der Waals surface area contributed by atoms with E-state index in [9.17, 15) is 18.0 Å². The van der Waals surface area contributed by atoms with Crippen molar-refractivity contribution in [3.8, 4) is 5.75 Å². The molecule has 3 aromatic rings. The molecule has 0 aliphatic rings. The van der Waals surface area contributed by atoms with Crippen LogP contribution in [0.4, 0.5) is 11.4 Å². The smallest absolute Gasteiger partial charge is 0.255 e. The van der Waals surface area contributed by atoms with Gasteiger partial charge in [0, 0.05) is 23.1 Å². The molecule has 0 atom stereocenters. The van der Waals surface area contributed by atoms with Crippen molar-refractivity contribution in [3.05, 3.63) is 89.5 Å². The molecule has 0 aliphatic carbocycles. The van der Waals surface area contributed by atoms with E-state index in [1.807, 2.05) is 6.07 Å². The Morgan fingerprint density at radius 2 is 1.52 bits per heavy atom. The summed E-state index contributed by atoms with van der Waals surface area (Å²) in [5, 5.41) is 5.53. The van der Waals surface area contributed by atoms with Gasteiger partial charge in [0.05, 0.1) is 18.6 Å². The van der Waals surface area contributed by atoms with Crippen LogP contribution in [0.15, 0.2) is 72.8 Å². The van der Waals surface area contributed by atoms with Crippen LogP contribution in [-0.4, -0.2) is 33.6 Å². The van der Waals surface area contributed by atoms with Gasteiger partial charge in [-0.2, -0.15) is 0 Å². The highest BCUT2D eigenvalue weighted by Gasteiger charge is 2.12. The number of carbonyl (C=O) groups is 2. The van der Waals surface area contributed by atoms with Crippen molar-refractivity contribution in [3.63, 3.8) is 0 Å². The van der Waals surface area contributed by atoms with Crippen molar-refractivity contribution in [2.24, 2.45) is 0 Å². The lowest BCUT2D eigenvalue weighted by molar-refractivity contribution is 0.101. The summed E-state index contributed by atoms with van der Waals surface area (Å²) in [5.41, 5.74) is 2.37. The number of hydrogen-bond donors (Lipinski definition) is 2. The summed E-state index contributed by atoms with van der Waals surface area (Å²) >= 11 is 0. The monoisotopic (exact) mass is 438 g/mol. The Morgan fingerprint density at radius 3 is 2.19 bits per heavy atom. The second-order valence-electron chi connectivity index (χ2n) is 6.96. The number of anilines is 2. The van der Waals surface area contributed by atoms with Crippen molar-refractivity contribution < 1.29 is 22.7 Å². The van der Waals surface area contributed by atoms with E-state index in [2.05, 4.69) is 10.6 Å². The number of benzene rings is 3. The van der Waals surface area contributed by atoms with Crippen LogP contribution >= 0.6 is 0 Å². The summed E-state index contributed by atoms with van der Waals surface area (Å²) in [4.78, 5) is 25.0. The van der Waals surface area contributed by atoms with Crippen LogP contribution in [0.25, 0.3) is 0 Å². The molecule has 0 fully saturated rings. The SMILES string of the molecule is COc1ccccc1NC(=O)c1ccc(NC(=O)c2cccc(CS(C)(=O)=O)c2)cc1. The molecule has 0 heterocycles. The molecule has 0 bridgehead atoms. The number of methoxy groups -OCH3 is 1. The summed E-state index contributed by atoms with van der Waals surface area (Å²) in [6, 6.07) is 20.0. The van der Waals surface area contributed by atoms with Gasteiger partial charge in [0.1, 0.15) is 5.75 Å². The molecule has 8 heteroatoms. The van der Waals surface area contributed by atoms with Crippen molar-refractivity contribution >= 4 is 33.0 Å². The molecule has 0 radical (unpaired) electrons. The Morgan fingerprint density at radius 1 is 0.839 bits per heavy atom. The first-order valence-corrected chi connectivity index (χ1v) is 11.4. The topological polar surface area (TPSA) is 102 Å². The molecule has 2 N–H and O–H groups in total. The molecule has 7 nitrogen and oxygen atoms in total. The van der Waals surface area contributed by atoms with Crippen molar-refractivity contribution in [2.75, 3.05) is 24.0 Å². The third-order valence-electron chi connectivity index (χ3n) is 4.38. The maximum Gasteiger partial charge on any atom is 0.255 e. The highest BCUT2D eigenvalue weighted by molar-refractivity contribution is 7.89. The maximum absolute atomic E-state index is 12.5. The minimum atomic E-state index is -3.20. The van der Waals surface area contributed by atoms with Crippen LogP contribution in [0.5, 0.6) is 5.75 Å². The van der Waals surface area contributed by atoms with E-state index in [1.54, 1.807) is 66.7 Å². The van der Waals surface area contributed by atoms with Gasteiger partial charge in [0.15, 0.2) is 9.84 Å². The van der Waals surface area contributed by atoms with Crippen molar-refractivity contribution in [1.29, 1.82) is 0 Å². The lowest BCUT2D eigenvalue weighted by Gasteiger charge is -2.10. The van der Waals surface area contributed by atoms with Crippen LogP contribution in [0.3, 0.4) is 0 Å². The number of sulfone groups is 1. The Labute approximate surface area is 181 Å². The number of hydrogen-bond acceptors (Lipinski definition) is 5. The van der Waals surface area contributed by atoms with Crippen LogP contribution in [-0.2, 0) is 15.6 Å². The highest BCUT2D eigenvalue weighted by Crippen LogP contribution is 2.24. The minimum Gasteiger partial charge on any atom is -0.495 e. The second-order valence-corrected chi connectivity index (χ2v) is 9.10. The van der Waals surface area contributed by atoms with E-state index < -0.39 is 9.84 Å². The van der Waals surface area contributed by atoms with Gasteiger partial charge < -0.3 is 15.4 Å². The first kappa shape index (κ1) is 22.0. The molecule has 0 unspecified atom stereocenters. The Bertz CT molecular complexity index is 1200. The average molecular weight is 439 g/mol. The molecule has 0 spiro atoms. The molecule has 0 saturated heterocycles. The number of ether oxygens (including phenoxy) is 1. The van der Waals surface area contributed by atoms with Gasteiger partial charge in [-0.25, -0.2) is 8.42 Å². The predicted molar refractivity (Wildman–Crippen MR) is 120 cm³/mol. The summed E-state index contributed by atoms with van der Waals surface area (Å²) in [6.45, 7) is 0. The van der Waals surface area contributed by atoms with Crippen LogP contribution in [0.2, 0.25) is 0 Å². The zero-order chi connectivity index (χ0) is 22.4. The number of carbonyl (C=O) groups excluding carboxylic acids is 2. The molecule has 160 valence electrons. The normalized spacial score (nSPS) is 10.9. The number of rotatable bonds is 7. The third-order valence-corrected chi connectivity index (χ3v) is 5.24. The van der Waals surface area contributed by atoms with E-state index in [4.69, 9.17) is 4.74 Å². The van der Waals surface area contributed by atoms with Gasteiger partial charge in [0.25, 0.3) is 11.8 Å². The van der Waals surface area contributed by atoms with E-state index in [0.717, 1.165) is 6.26 Å². The molecule has 0 saturated carbocycles. The van der Waals surface area contributed by atoms with E-state index in [1.165, 1.54) is 7.11 Å². The molecular formula is C23H22N2O5S. The largest absolute Gasteiger partial charge is 0.495 e. The van der Waals surface area contributed by atoms with Gasteiger partial charge in [0.2, 0.25) is 0 Å². The Hall–Kier alpha value is -3.65. The van der Waals surface area contributed by atoms with E-state index in [0.29, 0.717) is 33.8 Å². The quantitative estimate of drug-likeness (QED) is 0.585. The Kier molecular flexibility index (Phi) is 6.71. The zero-order valence-electron chi connectivity index (χ0n) is 17.1. The average Bonchev–Trinajstić information content (AvgIpc) is 2.73. The third kappa shape index (κ3) is 6.16. The molecule has 3 rings (SSSR count). The fourth-order valence-electron chi connectivity index (χ4n) is 2.96. The van der Waals surface area contributed by atoms with E-state index in [-0.39, 0.29) is 17.6 Å². The number of para-hydroxylation sites is 2. The molecule has 0 aliphatic heterocycles. The molecule has 31 heavy (non-hydrogen) atoms. The first-order valence-electron chi connectivity index (χ1n) is 9.37. The lowest BCUT2D eigenvalue weighted by Crippen LogP contribution is -2.14. The fraction of sp³-hybridized carbons (Fsp3) is 0.130. The summed E-state index contributed by atoms with van der Waals surface area (Å²) in [5.74, 6) is -0.264. The highest BCUT2D eigenvalue weighted by atomic mass is 32.2. The van der Waals surface area contributed by atoms with Gasteiger partial charge in [-0.05, 0) is 54.1 Å². The summed E-state index contributed by atoms with van der Waals surface area (Å²) < 4.78 is 28.2. The molecule has 2 amide bonds. The zero-order valence-corrected chi connectivity index (χ0v) is 17.9. The summed E-state index contributed by atoms with van der Waals surface area (Å²) in [6.07, 6.45) is 1.14. The first-order chi connectivity index (χ1) is 14.7. The summed E-state index contributed by atoms with van der Waals surface area (Å²) in [7, 11) is -1.67. The maximum atomic E-state index is 12.5. The van der Waals surface area contributed by atoms with Gasteiger partial charge in [-0.1, -0.05) is 24.3 Å². The fourth-order valence-corrected chi connectivity index (χ4v) is 3.74. The predicted octanol–water partition coefficient (Wildman–Crippen LogP) is 3.74.